The van der Waals surface area contributed by atoms with Gasteiger partial charge < -0.3 is 31.0 Å². The molecule has 0 aliphatic carbocycles. The van der Waals surface area contributed by atoms with Crippen molar-refractivity contribution in [3.63, 3.8) is 0 Å². The Hall–Kier alpha value is -4.98. The molecule has 8 nitrogen and oxygen atoms in total. The number of ether oxygens (including phenoxy) is 3. The van der Waals surface area contributed by atoms with Crippen LogP contribution in [0.3, 0.4) is 0 Å². The second-order valence-corrected chi connectivity index (χ2v) is 8.09. The number of rotatable bonds is 10. The highest BCUT2D eigenvalue weighted by Crippen LogP contribution is 2.42. The summed E-state index contributed by atoms with van der Waals surface area (Å²) in [6, 6.07) is 31.8. The molecule has 0 atom stereocenters. The van der Waals surface area contributed by atoms with Crippen LogP contribution in [0.4, 0.5) is 10.5 Å². The Bertz CT molecular complexity index is 1260. The molecule has 0 spiro atoms. The van der Waals surface area contributed by atoms with Crippen molar-refractivity contribution >= 4 is 17.7 Å². The third kappa shape index (κ3) is 7.76. The lowest BCUT2D eigenvalue weighted by molar-refractivity contribution is 0.230. The highest BCUT2D eigenvalue weighted by Gasteiger charge is 2.18. The highest BCUT2D eigenvalue weighted by atomic mass is 16.5. The second-order valence-electron chi connectivity index (χ2n) is 8.09. The molecule has 0 fully saturated rings. The lowest BCUT2D eigenvalue weighted by atomic mass is 10.2. The van der Waals surface area contributed by atoms with Gasteiger partial charge in [0.2, 0.25) is 5.75 Å². The standard InChI is InChI=1S/C29H28N4O4/c30-28(31)33-29(34)32-24-16-25(35-18-21-10-4-1-5-11-21)27(37-20-23-14-8-3-9-15-23)26(17-24)36-19-22-12-6-2-7-13-22/h1-17H,18-20H2,(H5,30,31,32,33,34). The van der Waals surface area contributed by atoms with Crippen molar-refractivity contribution in [3.8, 4) is 17.2 Å². The van der Waals surface area contributed by atoms with Crippen LogP contribution in [0.15, 0.2) is 108 Å². The van der Waals surface area contributed by atoms with Gasteiger partial charge in [-0.3, -0.25) is 0 Å². The van der Waals surface area contributed by atoms with E-state index >= 15 is 0 Å². The van der Waals surface area contributed by atoms with E-state index in [1.54, 1.807) is 12.1 Å². The van der Waals surface area contributed by atoms with E-state index in [1.165, 1.54) is 0 Å². The van der Waals surface area contributed by atoms with E-state index in [0.29, 0.717) is 29.5 Å². The molecule has 0 radical (unpaired) electrons. The first kappa shape index (κ1) is 25.1. The topological polar surface area (TPSA) is 121 Å². The van der Waals surface area contributed by atoms with Gasteiger partial charge >= 0.3 is 6.03 Å². The molecular weight excluding hydrogens is 468 g/mol. The molecular formula is C29H28N4O4. The number of nitrogens with zero attached hydrogens (tertiary/aromatic N) is 1. The number of benzene rings is 4. The van der Waals surface area contributed by atoms with Crippen molar-refractivity contribution in [2.75, 3.05) is 5.32 Å². The Morgan fingerprint density at radius 2 is 1.05 bits per heavy atom. The molecule has 0 aliphatic rings. The molecule has 5 N–H and O–H groups in total. The van der Waals surface area contributed by atoms with Gasteiger partial charge in [0, 0.05) is 12.1 Å². The third-order valence-corrected chi connectivity index (χ3v) is 5.20. The molecule has 4 aromatic carbocycles. The summed E-state index contributed by atoms with van der Waals surface area (Å²) in [7, 11) is 0. The average Bonchev–Trinajstić information content (AvgIpc) is 2.91. The summed E-state index contributed by atoms with van der Waals surface area (Å²) in [6.45, 7) is 0.863. The van der Waals surface area contributed by atoms with E-state index < -0.39 is 6.03 Å². The van der Waals surface area contributed by atoms with Crippen molar-refractivity contribution in [3.05, 3.63) is 120 Å². The van der Waals surface area contributed by atoms with E-state index in [-0.39, 0.29) is 19.2 Å². The SMILES string of the molecule is NC(N)=NC(=O)Nc1cc(OCc2ccccc2)c(OCc2ccccc2)c(OCc2ccccc2)c1. The molecule has 0 heterocycles. The fourth-order valence-corrected chi connectivity index (χ4v) is 3.47. The maximum atomic E-state index is 12.2. The first-order valence-corrected chi connectivity index (χ1v) is 11.7. The highest BCUT2D eigenvalue weighted by molar-refractivity contribution is 5.98. The normalized spacial score (nSPS) is 10.3. The number of guanidine groups is 1. The second kappa shape index (κ2) is 12.6. The van der Waals surface area contributed by atoms with Crippen LogP contribution in [0.1, 0.15) is 16.7 Å². The Morgan fingerprint density at radius 3 is 1.46 bits per heavy atom. The van der Waals surface area contributed by atoms with Crippen molar-refractivity contribution < 1.29 is 19.0 Å². The largest absolute Gasteiger partial charge is 0.485 e. The maximum Gasteiger partial charge on any atom is 0.348 e. The van der Waals surface area contributed by atoms with E-state index in [4.69, 9.17) is 25.7 Å². The van der Waals surface area contributed by atoms with Gasteiger partial charge in [0.25, 0.3) is 0 Å². The van der Waals surface area contributed by atoms with Crippen molar-refractivity contribution in [1.82, 2.24) is 0 Å². The zero-order valence-corrected chi connectivity index (χ0v) is 20.2. The van der Waals surface area contributed by atoms with Gasteiger partial charge in [-0.15, -0.1) is 0 Å². The first-order chi connectivity index (χ1) is 18.1. The van der Waals surface area contributed by atoms with Gasteiger partial charge in [-0.25, -0.2) is 4.79 Å². The summed E-state index contributed by atoms with van der Waals surface area (Å²) >= 11 is 0. The van der Waals surface area contributed by atoms with Gasteiger partial charge in [-0.2, -0.15) is 4.99 Å². The van der Waals surface area contributed by atoms with Gasteiger partial charge in [0.05, 0.1) is 5.69 Å². The molecule has 188 valence electrons. The summed E-state index contributed by atoms with van der Waals surface area (Å²) in [6.07, 6.45) is 0. The quantitative estimate of drug-likeness (QED) is 0.204. The molecule has 8 heteroatoms. The smallest absolute Gasteiger partial charge is 0.348 e. The van der Waals surface area contributed by atoms with E-state index in [9.17, 15) is 4.79 Å². The Balaban J connectivity index is 1.68. The summed E-state index contributed by atoms with van der Waals surface area (Å²) in [5.74, 6) is 0.854. The van der Waals surface area contributed by atoms with Gasteiger partial charge in [-0.1, -0.05) is 91.0 Å². The minimum atomic E-state index is -0.721. The Labute approximate surface area is 215 Å². The van der Waals surface area contributed by atoms with Gasteiger partial charge in [-0.05, 0) is 16.7 Å². The Morgan fingerprint density at radius 1 is 0.649 bits per heavy atom. The summed E-state index contributed by atoms with van der Waals surface area (Å²) in [5.41, 5.74) is 14.0. The van der Waals surface area contributed by atoms with Crippen molar-refractivity contribution in [2.45, 2.75) is 19.8 Å². The van der Waals surface area contributed by atoms with Crippen LogP contribution < -0.4 is 31.0 Å². The molecule has 4 rings (SSSR count). The number of aliphatic imine (C=N–C) groups is 1. The minimum absolute atomic E-state index is 0.284. The molecule has 0 aromatic heterocycles. The lowest BCUT2D eigenvalue weighted by Gasteiger charge is -2.19. The number of nitrogens with one attached hydrogen (secondary N) is 1. The van der Waals surface area contributed by atoms with E-state index in [1.807, 2.05) is 91.0 Å². The lowest BCUT2D eigenvalue weighted by Crippen LogP contribution is -2.25. The minimum Gasteiger partial charge on any atom is -0.485 e. The predicted octanol–water partition coefficient (Wildman–Crippen LogP) is 5.23. The molecule has 0 aliphatic heterocycles. The molecule has 0 unspecified atom stereocenters. The number of urea groups is 1. The molecule has 37 heavy (non-hydrogen) atoms. The van der Waals surface area contributed by atoms with Crippen LogP contribution in [0.25, 0.3) is 0 Å². The molecule has 0 saturated heterocycles. The fourth-order valence-electron chi connectivity index (χ4n) is 3.47. The van der Waals surface area contributed by atoms with E-state index in [2.05, 4.69) is 10.3 Å². The number of nitrogens with two attached hydrogens (primary N) is 2. The van der Waals surface area contributed by atoms with Crippen LogP contribution in [0.5, 0.6) is 17.2 Å². The number of amides is 2. The Kier molecular flexibility index (Phi) is 8.59. The number of carbonyl (C=O) groups is 1. The number of anilines is 1. The molecule has 0 saturated carbocycles. The van der Waals surface area contributed by atoms with Crippen molar-refractivity contribution in [2.24, 2.45) is 16.5 Å². The average molecular weight is 497 g/mol. The zero-order chi connectivity index (χ0) is 25.9. The summed E-state index contributed by atoms with van der Waals surface area (Å²) in [4.78, 5) is 15.8. The molecule has 0 bridgehead atoms. The number of carbonyl (C=O) groups excluding carboxylic acids is 1. The monoisotopic (exact) mass is 496 g/mol. The molecule has 2 amide bonds. The van der Waals surface area contributed by atoms with Crippen LogP contribution in [-0.2, 0) is 19.8 Å². The van der Waals surface area contributed by atoms with Gasteiger partial charge in [0.1, 0.15) is 19.8 Å². The molecule has 4 aromatic rings. The maximum absolute atomic E-state index is 12.2. The zero-order valence-electron chi connectivity index (χ0n) is 20.2. The predicted molar refractivity (Wildman–Crippen MR) is 144 cm³/mol. The fraction of sp³-hybridized carbons (Fsp3) is 0.103. The van der Waals surface area contributed by atoms with Crippen LogP contribution in [0, 0.1) is 0 Å². The number of hydrogen-bond acceptors (Lipinski definition) is 4. The number of hydrogen-bond donors (Lipinski definition) is 3. The summed E-state index contributed by atoms with van der Waals surface area (Å²) < 4.78 is 18.6. The first-order valence-electron chi connectivity index (χ1n) is 11.7. The van der Waals surface area contributed by atoms with Crippen LogP contribution in [0.2, 0.25) is 0 Å². The van der Waals surface area contributed by atoms with Crippen LogP contribution >= 0.6 is 0 Å². The summed E-state index contributed by atoms with van der Waals surface area (Å²) in [5, 5.41) is 2.65. The third-order valence-electron chi connectivity index (χ3n) is 5.20. The van der Waals surface area contributed by atoms with Gasteiger partial charge in [0.15, 0.2) is 17.5 Å². The van der Waals surface area contributed by atoms with Crippen molar-refractivity contribution in [1.29, 1.82) is 0 Å². The van der Waals surface area contributed by atoms with Crippen LogP contribution in [-0.4, -0.2) is 12.0 Å². The van der Waals surface area contributed by atoms with E-state index in [0.717, 1.165) is 16.7 Å².